The third kappa shape index (κ3) is 2.76. The van der Waals surface area contributed by atoms with Gasteiger partial charge in [0.15, 0.2) is 0 Å². The molecule has 3 nitrogen and oxygen atoms in total. The van der Waals surface area contributed by atoms with Gasteiger partial charge in [-0.05, 0) is 72.8 Å². The van der Waals surface area contributed by atoms with Gasteiger partial charge in [0.25, 0.3) is 0 Å². The number of hydrogen-bond acceptors (Lipinski definition) is 3. The number of nitrogens with one attached hydrogen (secondary N) is 1. The Labute approximate surface area is 116 Å². The van der Waals surface area contributed by atoms with Gasteiger partial charge in [-0.3, -0.25) is 0 Å². The molecule has 2 aliphatic heterocycles. The van der Waals surface area contributed by atoms with Crippen LogP contribution < -0.4 is 5.32 Å². The van der Waals surface area contributed by atoms with Crippen molar-refractivity contribution in [1.29, 1.82) is 0 Å². The average molecular weight is 311 g/mol. The first-order valence-corrected chi connectivity index (χ1v) is 7.51. The fourth-order valence-electron chi connectivity index (χ4n) is 3.16. The molecule has 2 aliphatic rings. The second-order valence-electron chi connectivity index (χ2n) is 5.47. The fourth-order valence-corrected chi connectivity index (χ4v) is 3.54. The van der Waals surface area contributed by atoms with Crippen molar-refractivity contribution >= 4 is 15.9 Å². The molecule has 18 heavy (non-hydrogen) atoms. The molecule has 3 rings (SSSR count). The van der Waals surface area contributed by atoms with Crippen LogP contribution in [-0.4, -0.2) is 30.3 Å². The quantitative estimate of drug-likeness (QED) is 0.852. The maximum Gasteiger partial charge on any atom is 0.106 e. The van der Waals surface area contributed by atoms with Gasteiger partial charge in [-0.15, -0.1) is 0 Å². The molecule has 1 N–H and O–H groups in total. The van der Waals surface area contributed by atoms with Gasteiger partial charge in [0.2, 0.25) is 0 Å². The minimum absolute atomic E-state index is 0.169. The Kier molecular flexibility index (Phi) is 3.68. The molecular weight excluding hydrogens is 292 g/mol. The molecular formula is C14H19BrN2O. The zero-order valence-electron chi connectivity index (χ0n) is 10.5. The molecule has 3 heterocycles. The minimum atomic E-state index is 0.169. The Morgan fingerprint density at radius 2 is 2.22 bits per heavy atom. The van der Waals surface area contributed by atoms with Crippen molar-refractivity contribution in [3.63, 3.8) is 0 Å². The number of aromatic nitrogens is 1. The summed E-state index contributed by atoms with van der Waals surface area (Å²) in [7, 11) is 0. The van der Waals surface area contributed by atoms with Crippen LogP contribution in [0.15, 0.2) is 22.8 Å². The van der Waals surface area contributed by atoms with Crippen molar-refractivity contribution in [2.24, 2.45) is 5.92 Å². The molecule has 0 aromatic carbocycles. The highest BCUT2D eigenvalue weighted by Gasteiger charge is 2.40. The number of rotatable bonds is 2. The fraction of sp³-hybridized carbons (Fsp3) is 0.643. The van der Waals surface area contributed by atoms with E-state index in [4.69, 9.17) is 4.74 Å². The van der Waals surface area contributed by atoms with Crippen LogP contribution in [0.2, 0.25) is 0 Å². The van der Waals surface area contributed by atoms with Gasteiger partial charge in [0.05, 0.1) is 12.2 Å². The molecule has 1 unspecified atom stereocenters. The van der Waals surface area contributed by atoms with Crippen molar-refractivity contribution in [3.05, 3.63) is 28.5 Å². The summed E-state index contributed by atoms with van der Waals surface area (Å²) < 4.78 is 7.04. The first kappa shape index (κ1) is 12.6. The molecule has 1 atom stereocenters. The third-order valence-corrected chi connectivity index (χ3v) is 4.51. The lowest BCUT2D eigenvalue weighted by Crippen LogP contribution is -2.41. The van der Waals surface area contributed by atoms with Crippen LogP contribution in [-0.2, 0) is 11.2 Å². The van der Waals surface area contributed by atoms with Crippen LogP contribution in [0, 0.1) is 5.92 Å². The Morgan fingerprint density at radius 1 is 1.39 bits per heavy atom. The van der Waals surface area contributed by atoms with Crippen LogP contribution in [0.4, 0.5) is 0 Å². The van der Waals surface area contributed by atoms with Crippen molar-refractivity contribution in [3.8, 4) is 0 Å². The first-order chi connectivity index (χ1) is 8.76. The van der Waals surface area contributed by atoms with Gasteiger partial charge in [0, 0.05) is 5.69 Å². The van der Waals surface area contributed by atoms with E-state index in [0.717, 1.165) is 43.6 Å². The van der Waals surface area contributed by atoms with E-state index in [1.54, 1.807) is 0 Å². The highest BCUT2D eigenvalue weighted by atomic mass is 79.9. The molecule has 0 aliphatic carbocycles. The zero-order valence-corrected chi connectivity index (χ0v) is 12.1. The van der Waals surface area contributed by atoms with E-state index in [0.29, 0.717) is 5.92 Å². The summed E-state index contributed by atoms with van der Waals surface area (Å²) in [5, 5.41) is 3.41. The Balaban J connectivity index is 1.62. The Hall–Kier alpha value is -0.450. The van der Waals surface area contributed by atoms with Gasteiger partial charge in [-0.25, -0.2) is 4.98 Å². The van der Waals surface area contributed by atoms with Crippen LogP contribution >= 0.6 is 15.9 Å². The van der Waals surface area contributed by atoms with E-state index in [1.807, 2.05) is 6.07 Å². The molecule has 0 amide bonds. The Morgan fingerprint density at radius 3 is 3.00 bits per heavy atom. The van der Waals surface area contributed by atoms with E-state index in [2.05, 4.69) is 38.4 Å². The van der Waals surface area contributed by atoms with E-state index in [1.165, 1.54) is 12.1 Å². The number of pyridine rings is 1. The second kappa shape index (κ2) is 5.27. The molecule has 1 aromatic heterocycles. The average Bonchev–Trinajstić information content (AvgIpc) is 2.73. The number of halogens is 1. The van der Waals surface area contributed by atoms with E-state index < -0.39 is 0 Å². The van der Waals surface area contributed by atoms with Crippen LogP contribution in [0.25, 0.3) is 0 Å². The van der Waals surface area contributed by atoms with Crippen molar-refractivity contribution in [2.45, 2.75) is 31.3 Å². The zero-order chi connectivity index (χ0) is 12.4. The number of ether oxygens (including phenoxy) is 1. The molecule has 98 valence electrons. The summed E-state index contributed by atoms with van der Waals surface area (Å²) in [4.78, 5) is 4.52. The molecule has 0 bridgehead atoms. The van der Waals surface area contributed by atoms with Crippen LogP contribution in [0.3, 0.4) is 0 Å². The predicted octanol–water partition coefficient (Wildman–Crippen LogP) is 2.55. The lowest BCUT2D eigenvalue weighted by molar-refractivity contribution is -0.0196. The second-order valence-corrected chi connectivity index (χ2v) is 6.28. The number of piperidine rings is 1. The first-order valence-electron chi connectivity index (χ1n) is 6.72. The standard InChI is InChI=1S/C14H19BrN2O/c15-13-3-1-2-12(17-13)8-11-9-14(18-10-11)4-6-16-7-5-14/h1-3,11,16H,4-10H2. The topological polar surface area (TPSA) is 34.1 Å². The third-order valence-electron chi connectivity index (χ3n) is 4.07. The smallest absolute Gasteiger partial charge is 0.106 e. The van der Waals surface area contributed by atoms with Gasteiger partial charge < -0.3 is 10.1 Å². The van der Waals surface area contributed by atoms with E-state index in [-0.39, 0.29) is 5.60 Å². The number of nitrogens with zero attached hydrogens (tertiary/aromatic N) is 1. The summed E-state index contributed by atoms with van der Waals surface area (Å²) in [6, 6.07) is 6.14. The molecule has 1 aromatic rings. The summed E-state index contributed by atoms with van der Waals surface area (Å²) >= 11 is 3.43. The normalized spacial score (nSPS) is 26.6. The molecule has 1 spiro atoms. The summed E-state index contributed by atoms with van der Waals surface area (Å²) in [5.41, 5.74) is 1.34. The largest absolute Gasteiger partial charge is 0.375 e. The van der Waals surface area contributed by atoms with E-state index in [9.17, 15) is 0 Å². The molecule has 0 saturated carbocycles. The van der Waals surface area contributed by atoms with Gasteiger partial charge in [-0.2, -0.15) is 0 Å². The SMILES string of the molecule is Brc1cccc(CC2COC3(CCNCC3)C2)n1. The highest BCUT2D eigenvalue weighted by Crippen LogP contribution is 2.38. The Bertz CT molecular complexity index is 418. The van der Waals surface area contributed by atoms with Gasteiger partial charge in [-0.1, -0.05) is 6.07 Å². The van der Waals surface area contributed by atoms with Crippen LogP contribution in [0.1, 0.15) is 25.0 Å². The lowest BCUT2D eigenvalue weighted by Gasteiger charge is -2.33. The monoisotopic (exact) mass is 310 g/mol. The summed E-state index contributed by atoms with van der Waals surface area (Å²) in [6.45, 7) is 3.10. The molecule has 2 fully saturated rings. The molecule has 2 saturated heterocycles. The van der Waals surface area contributed by atoms with Crippen molar-refractivity contribution < 1.29 is 4.74 Å². The van der Waals surface area contributed by atoms with Crippen LogP contribution in [0.5, 0.6) is 0 Å². The van der Waals surface area contributed by atoms with E-state index >= 15 is 0 Å². The summed E-state index contributed by atoms with van der Waals surface area (Å²) in [5.74, 6) is 0.630. The van der Waals surface area contributed by atoms with Gasteiger partial charge in [0.1, 0.15) is 4.60 Å². The van der Waals surface area contributed by atoms with Crippen molar-refractivity contribution in [1.82, 2.24) is 10.3 Å². The molecule has 4 heteroatoms. The highest BCUT2D eigenvalue weighted by molar-refractivity contribution is 9.10. The van der Waals surface area contributed by atoms with Gasteiger partial charge >= 0.3 is 0 Å². The maximum absolute atomic E-state index is 6.12. The number of hydrogen-bond donors (Lipinski definition) is 1. The predicted molar refractivity (Wildman–Crippen MR) is 74.5 cm³/mol. The summed E-state index contributed by atoms with van der Waals surface area (Å²) in [6.07, 6.45) is 4.56. The minimum Gasteiger partial charge on any atom is -0.375 e. The van der Waals surface area contributed by atoms with Crippen molar-refractivity contribution in [2.75, 3.05) is 19.7 Å². The maximum atomic E-state index is 6.12. The molecule has 0 radical (unpaired) electrons. The lowest BCUT2D eigenvalue weighted by atomic mass is 9.85.